The lowest BCUT2D eigenvalue weighted by molar-refractivity contribution is -0.116. The molecule has 1 aromatic carbocycles. The van der Waals surface area contributed by atoms with E-state index in [1.54, 1.807) is 0 Å². The van der Waals surface area contributed by atoms with Crippen LogP contribution < -0.4 is 10.6 Å². The topological polar surface area (TPSA) is 41.1 Å². The van der Waals surface area contributed by atoms with Crippen LogP contribution in [0, 0.1) is 12.8 Å². The molecule has 0 aromatic heterocycles. The number of benzene rings is 1. The summed E-state index contributed by atoms with van der Waals surface area (Å²) in [6.07, 6.45) is 4.05. The van der Waals surface area contributed by atoms with Crippen LogP contribution in [0.3, 0.4) is 0 Å². The number of hydrogen-bond acceptors (Lipinski definition) is 2. The quantitative estimate of drug-likeness (QED) is 0.890. The van der Waals surface area contributed by atoms with Crippen LogP contribution in [-0.4, -0.2) is 19.0 Å². The molecule has 1 fully saturated rings. The minimum atomic E-state index is 0.108. The molecular formula is C15H21BrN2O. The normalized spacial score (nSPS) is 19.2. The highest BCUT2D eigenvalue weighted by Gasteiger charge is 2.15. The fourth-order valence-corrected chi connectivity index (χ4v) is 2.83. The number of aryl methyl sites for hydroxylation is 1. The summed E-state index contributed by atoms with van der Waals surface area (Å²) in [4.78, 5) is 12.0. The first-order valence-electron chi connectivity index (χ1n) is 6.92. The summed E-state index contributed by atoms with van der Waals surface area (Å²) < 4.78 is 0.975. The highest BCUT2D eigenvalue weighted by Crippen LogP contribution is 2.26. The predicted molar refractivity (Wildman–Crippen MR) is 82.3 cm³/mol. The van der Waals surface area contributed by atoms with Crippen LogP contribution in [0.1, 0.15) is 31.2 Å². The van der Waals surface area contributed by atoms with Gasteiger partial charge in [-0.1, -0.05) is 12.1 Å². The van der Waals surface area contributed by atoms with Gasteiger partial charge in [-0.05, 0) is 72.8 Å². The molecule has 2 N–H and O–H groups in total. The fraction of sp³-hybridized carbons (Fsp3) is 0.533. The zero-order chi connectivity index (χ0) is 13.7. The van der Waals surface area contributed by atoms with Gasteiger partial charge in [-0.15, -0.1) is 0 Å². The van der Waals surface area contributed by atoms with Crippen molar-refractivity contribution in [1.82, 2.24) is 5.32 Å². The lowest BCUT2D eigenvalue weighted by Crippen LogP contribution is -2.30. The predicted octanol–water partition coefficient (Wildman–Crippen LogP) is 3.48. The first-order valence-corrected chi connectivity index (χ1v) is 7.72. The molecule has 1 heterocycles. The molecule has 0 aliphatic carbocycles. The average molecular weight is 325 g/mol. The molecule has 4 heteroatoms. The molecular weight excluding hydrogens is 304 g/mol. The number of amides is 1. The molecule has 0 saturated carbocycles. The molecule has 1 aliphatic rings. The van der Waals surface area contributed by atoms with Gasteiger partial charge in [0.1, 0.15) is 0 Å². The molecule has 1 unspecified atom stereocenters. The van der Waals surface area contributed by atoms with Gasteiger partial charge in [0.25, 0.3) is 0 Å². The van der Waals surface area contributed by atoms with Gasteiger partial charge in [0, 0.05) is 10.9 Å². The van der Waals surface area contributed by atoms with Gasteiger partial charge in [-0.25, -0.2) is 0 Å². The molecule has 0 spiro atoms. The molecule has 1 aliphatic heterocycles. The van der Waals surface area contributed by atoms with Crippen molar-refractivity contribution < 1.29 is 4.79 Å². The van der Waals surface area contributed by atoms with Crippen LogP contribution in [0.5, 0.6) is 0 Å². The van der Waals surface area contributed by atoms with Crippen LogP contribution >= 0.6 is 15.9 Å². The van der Waals surface area contributed by atoms with E-state index >= 15 is 0 Å². The zero-order valence-corrected chi connectivity index (χ0v) is 12.9. The zero-order valence-electron chi connectivity index (χ0n) is 11.3. The Morgan fingerprint density at radius 2 is 2.37 bits per heavy atom. The molecule has 2 rings (SSSR count). The molecule has 1 atom stereocenters. The van der Waals surface area contributed by atoms with Crippen molar-refractivity contribution in [2.24, 2.45) is 5.92 Å². The maximum Gasteiger partial charge on any atom is 0.224 e. The first kappa shape index (κ1) is 14.5. The average Bonchev–Trinajstić information content (AvgIpc) is 2.43. The van der Waals surface area contributed by atoms with Crippen molar-refractivity contribution in [3.8, 4) is 0 Å². The monoisotopic (exact) mass is 324 g/mol. The minimum Gasteiger partial charge on any atom is -0.325 e. The Balaban J connectivity index is 1.82. The molecule has 104 valence electrons. The van der Waals surface area contributed by atoms with Crippen LogP contribution in [0.25, 0.3) is 0 Å². The molecule has 0 bridgehead atoms. The number of rotatable bonds is 4. The number of nitrogens with one attached hydrogen (secondary N) is 2. The minimum absolute atomic E-state index is 0.108. The Morgan fingerprint density at radius 3 is 3.11 bits per heavy atom. The Kier molecular flexibility index (Phi) is 5.40. The lowest BCUT2D eigenvalue weighted by Gasteiger charge is -2.22. The van der Waals surface area contributed by atoms with Crippen LogP contribution in [-0.2, 0) is 4.79 Å². The fourth-order valence-electron chi connectivity index (χ4n) is 2.46. The second kappa shape index (κ2) is 7.06. The molecule has 19 heavy (non-hydrogen) atoms. The summed E-state index contributed by atoms with van der Waals surface area (Å²) in [5.41, 5.74) is 2.00. The Hall–Kier alpha value is -0.870. The molecule has 0 radical (unpaired) electrons. The van der Waals surface area contributed by atoms with Crippen LogP contribution in [0.4, 0.5) is 5.69 Å². The molecule has 3 nitrogen and oxygen atoms in total. The van der Waals surface area contributed by atoms with Gasteiger partial charge in [-0.3, -0.25) is 4.79 Å². The van der Waals surface area contributed by atoms with Crippen molar-refractivity contribution in [3.05, 3.63) is 28.2 Å². The van der Waals surface area contributed by atoms with E-state index in [-0.39, 0.29) is 5.91 Å². The van der Waals surface area contributed by atoms with E-state index in [1.165, 1.54) is 12.8 Å². The summed E-state index contributed by atoms with van der Waals surface area (Å²) in [6.45, 7) is 4.20. The van der Waals surface area contributed by atoms with Crippen LogP contribution in [0.15, 0.2) is 22.7 Å². The molecule has 1 amide bonds. The molecule has 1 aromatic rings. The van der Waals surface area contributed by atoms with E-state index < -0.39 is 0 Å². The van der Waals surface area contributed by atoms with Crippen LogP contribution in [0.2, 0.25) is 0 Å². The summed E-state index contributed by atoms with van der Waals surface area (Å²) >= 11 is 3.51. The lowest BCUT2D eigenvalue weighted by atomic mass is 9.94. The van der Waals surface area contributed by atoms with E-state index in [1.807, 2.05) is 25.1 Å². The number of halogens is 1. The van der Waals surface area contributed by atoms with Gasteiger partial charge in [0.2, 0.25) is 5.91 Å². The number of piperidine rings is 1. The number of anilines is 1. The van der Waals surface area contributed by atoms with E-state index in [4.69, 9.17) is 0 Å². The van der Waals surface area contributed by atoms with E-state index in [2.05, 4.69) is 26.6 Å². The molecule has 1 saturated heterocycles. The largest absolute Gasteiger partial charge is 0.325 e. The number of hydrogen-bond donors (Lipinski definition) is 2. The van der Waals surface area contributed by atoms with Gasteiger partial charge in [-0.2, -0.15) is 0 Å². The maximum absolute atomic E-state index is 12.0. The van der Waals surface area contributed by atoms with Gasteiger partial charge in [0.05, 0.1) is 5.69 Å². The number of carbonyl (C=O) groups is 1. The first-order chi connectivity index (χ1) is 9.16. The third kappa shape index (κ3) is 4.32. The second-order valence-electron chi connectivity index (χ2n) is 5.24. The van der Waals surface area contributed by atoms with Crippen molar-refractivity contribution in [2.45, 2.75) is 32.6 Å². The van der Waals surface area contributed by atoms with E-state index in [0.29, 0.717) is 12.3 Å². The summed E-state index contributed by atoms with van der Waals surface area (Å²) in [6, 6.07) is 5.91. The SMILES string of the molecule is Cc1cccc(NC(=O)CCC2CCCNC2)c1Br. The summed E-state index contributed by atoms with van der Waals surface area (Å²) in [7, 11) is 0. The van der Waals surface area contributed by atoms with Gasteiger partial charge in [0.15, 0.2) is 0 Å². The third-order valence-corrected chi connectivity index (χ3v) is 4.70. The van der Waals surface area contributed by atoms with E-state index in [9.17, 15) is 4.79 Å². The van der Waals surface area contributed by atoms with Crippen molar-refractivity contribution in [2.75, 3.05) is 18.4 Å². The van der Waals surface area contributed by atoms with Crippen molar-refractivity contribution >= 4 is 27.5 Å². The Morgan fingerprint density at radius 1 is 1.53 bits per heavy atom. The second-order valence-corrected chi connectivity index (χ2v) is 6.03. The van der Waals surface area contributed by atoms with Crippen molar-refractivity contribution in [3.63, 3.8) is 0 Å². The summed E-state index contributed by atoms with van der Waals surface area (Å²) in [5, 5.41) is 6.37. The summed E-state index contributed by atoms with van der Waals surface area (Å²) in [5.74, 6) is 0.761. The standard InChI is InChI=1S/C15H21BrN2O/c1-11-4-2-6-13(15(11)16)18-14(19)8-7-12-5-3-9-17-10-12/h2,4,6,12,17H,3,5,7-10H2,1H3,(H,18,19). The van der Waals surface area contributed by atoms with E-state index in [0.717, 1.165) is 35.2 Å². The highest BCUT2D eigenvalue weighted by molar-refractivity contribution is 9.10. The highest BCUT2D eigenvalue weighted by atomic mass is 79.9. The third-order valence-electron chi connectivity index (χ3n) is 3.64. The van der Waals surface area contributed by atoms with Gasteiger partial charge < -0.3 is 10.6 Å². The smallest absolute Gasteiger partial charge is 0.224 e. The van der Waals surface area contributed by atoms with Gasteiger partial charge >= 0.3 is 0 Å². The van der Waals surface area contributed by atoms with Crippen molar-refractivity contribution in [1.29, 1.82) is 0 Å². The maximum atomic E-state index is 12.0. The number of carbonyl (C=O) groups excluding carboxylic acids is 1. The Labute approximate surface area is 123 Å². The Bertz CT molecular complexity index is 442.